The Labute approximate surface area is 266 Å². The zero-order valence-electron chi connectivity index (χ0n) is 24.5. The first-order valence-corrected chi connectivity index (χ1v) is 15.6. The second kappa shape index (κ2) is 11.8. The second-order valence-electron chi connectivity index (χ2n) is 10.8. The molecule has 0 spiro atoms. The highest BCUT2D eigenvalue weighted by molar-refractivity contribution is 6.32. The predicted molar refractivity (Wildman–Crippen MR) is 185 cm³/mol. The van der Waals surface area contributed by atoms with Crippen molar-refractivity contribution in [3.8, 4) is 22.5 Å². The van der Waals surface area contributed by atoms with Gasteiger partial charge < -0.3 is 0 Å². The summed E-state index contributed by atoms with van der Waals surface area (Å²) in [4.78, 5) is 0. The van der Waals surface area contributed by atoms with E-state index in [1.807, 2.05) is 57.8 Å². The number of fused-ring (bicyclic) bond motifs is 6. The van der Waals surface area contributed by atoms with E-state index in [2.05, 4.69) is 96.8 Å². The Morgan fingerprint density at radius 1 is 0.523 bits per heavy atom. The Morgan fingerprint density at radius 3 is 1.32 bits per heavy atom. The van der Waals surface area contributed by atoms with Gasteiger partial charge in [0.2, 0.25) is 0 Å². The van der Waals surface area contributed by atoms with Crippen LogP contribution in [0.5, 0.6) is 0 Å². The molecule has 0 unspecified atom stereocenters. The summed E-state index contributed by atoms with van der Waals surface area (Å²) in [6.45, 7) is 4.31. The van der Waals surface area contributed by atoms with Gasteiger partial charge in [-0.3, -0.25) is 0 Å². The van der Waals surface area contributed by atoms with Gasteiger partial charge in [-0.25, -0.2) is 9.03 Å². The number of rotatable bonds is 4. The number of aromatic nitrogens is 4. The van der Waals surface area contributed by atoms with Gasteiger partial charge in [-0.05, 0) is 71.1 Å². The first-order valence-electron chi connectivity index (χ1n) is 14.8. The maximum Gasteiger partial charge on any atom is 0.0779 e. The van der Waals surface area contributed by atoms with E-state index in [4.69, 9.17) is 23.2 Å². The summed E-state index contributed by atoms with van der Waals surface area (Å²) in [7, 11) is 0. The third-order valence-electron chi connectivity index (χ3n) is 8.17. The Bertz CT molecular complexity index is 2110. The van der Waals surface area contributed by atoms with Crippen LogP contribution >= 0.6 is 23.2 Å². The first-order chi connectivity index (χ1) is 21.6. The minimum absolute atomic E-state index is 0.755. The molecule has 0 atom stereocenters. The van der Waals surface area contributed by atoms with Crippen molar-refractivity contribution < 1.29 is 0 Å². The number of aryl methyl sites for hydroxylation is 2. The summed E-state index contributed by atoms with van der Waals surface area (Å²) in [6, 6.07) is 37.2. The lowest BCUT2D eigenvalue weighted by Crippen LogP contribution is -1.95. The van der Waals surface area contributed by atoms with E-state index < -0.39 is 0 Å². The van der Waals surface area contributed by atoms with Gasteiger partial charge in [0.15, 0.2) is 0 Å². The normalized spacial score (nSPS) is 11.4. The Balaban J connectivity index is 0.000000142. The fraction of sp³-hybridized carbons (Fsp3) is 0.105. The highest BCUT2D eigenvalue weighted by Crippen LogP contribution is 2.33. The van der Waals surface area contributed by atoms with E-state index in [9.17, 15) is 0 Å². The number of hydrogen-bond acceptors (Lipinski definition) is 2. The second-order valence-corrected chi connectivity index (χ2v) is 11.7. The van der Waals surface area contributed by atoms with E-state index in [0.717, 1.165) is 67.2 Å². The molecule has 0 aliphatic rings. The Morgan fingerprint density at radius 2 is 0.932 bits per heavy atom. The topological polar surface area (TPSA) is 34.6 Å². The van der Waals surface area contributed by atoms with E-state index in [1.165, 1.54) is 21.9 Å². The molecule has 4 aromatic heterocycles. The molecule has 0 aliphatic heterocycles. The molecule has 0 N–H and O–H groups in total. The smallest absolute Gasteiger partial charge is 0.0779 e. The standard InChI is InChI=1S/2C19H15ClN2/c2*1-2-13-12-21-22-18(14-6-4-3-5-7-14)10-15-8-9-16(20)11-17(15)19(13)22/h2*3-12H,2H2,1H3. The van der Waals surface area contributed by atoms with Crippen LogP contribution in [-0.2, 0) is 12.8 Å². The first kappa shape index (κ1) is 28.1. The third-order valence-corrected chi connectivity index (χ3v) is 8.64. The predicted octanol–water partition coefficient (Wildman–Crippen LogP) is 10.7. The largest absolute Gasteiger partial charge is 0.232 e. The van der Waals surface area contributed by atoms with E-state index >= 15 is 0 Å². The molecule has 4 aromatic carbocycles. The van der Waals surface area contributed by atoms with Gasteiger partial charge in [0.1, 0.15) is 0 Å². The van der Waals surface area contributed by atoms with Crippen molar-refractivity contribution in [2.75, 3.05) is 0 Å². The lowest BCUT2D eigenvalue weighted by molar-refractivity contribution is 0.975. The molecule has 6 heteroatoms. The lowest BCUT2D eigenvalue weighted by atomic mass is 10.0. The molecule has 8 rings (SSSR count). The van der Waals surface area contributed by atoms with Crippen molar-refractivity contribution in [3.63, 3.8) is 0 Å². The molecule has 0 fully saturated rings. The third kappa shape index (κ3) is 5.00. The fourth-order valence-electron chi connectivity index (χ4n) is 5.99. The zero-order valence-corrected chi connectivity index (χ0v) is 26.0. The van der Waals surface area contributed by atoms with Gasteiger partial charge in [-0.2, -0.15) is 10.2 Å². The molecule has 0 saturated carbocycles. The van der Waals surface area contributed by atoms with Gasteiger partial charge in [0.05, 0.1) is 34.8 Å². The van der Waals surface area contributed by atoms with Crippen LogP contribution in [0.1, 0.15) is 25.0 Å². The van der Waals surface area contributed by atoms with Gasteiger partial charge in [-0.1, -0.05) is 110 Å². The number of nitrogens with zero attached hydrogens (tertiary/aromatic N) is 4. The van der Waals surface area contributed by atoms with E-state index in [-0.39, 0.29) is 0 Å². The zero-order chi connectivity index (χ0) is 30.2. The Hall–Kier alpha value is -4.64. The number of benzene rings is 4. The van der Waals surface area contributed by atoms with Crippen LogP contribution in [0.25, 0.3) is 55.1 Å². The maximum atomic E-state index is 6.21. The summed E-state index contributed by atoms with van der Waals surface area (Å²) >= 11 is 12.4. The Kier molecular flexibility index (Phi) is 7.55. The van der Waals surface area contributed by atoms with Crippen LogP contribution in [0.4, 0.5) is 0 Å². The SMILES string of the molecule is CCc1cnn2c(-c3ccccc3)cc3ccc(Cl)cc3c12.CCc1cnn2c(-c3ccccc3)cc3ccc(Cl)cc3c12. The number of pyridine rings is 2. The lowest BCUT2D eigenvalue weighted by Gasteiger charge is -2.10. The molecular formula is C38H30Cl2N4. The molecular weight excluding hydrogens is 583 g/mol. The maximum absolute atomic E-state index is 6.21. The summed E-state index contributed by atoms with van der Waals surface area (Å²) in [5.74, 6) is 0. The van der Waals surface area contributed by atoms with Crippen molar-refractivity contribution >= 4 is 55.8 Å². The van der Waals surface area contributed by atoms with Crippen LogP contribution in [0.3, 0.4) is 0 Å². The van der Waals surface area contributed by atoms with Crippen molar-refractivity contribution in [2.24, 2.45) is 0 Å². The summed E-state index contributed by atoms with van der Waals surface area (Å²) in [5.41, 5.74) is 9.32. The average molecular weight is 614 g/mol. The number of hydrogen-bond donors (Lipinski definition) is 0. The van der Waals surface area contributed by atoms with Crippen LogP contribution in [0.2, 0.25) is 10.0 Å². The van der Waals surface area contributed by atoms with Crippen molar-refractivity contribution in [1.29, 1.82) is 0 Å². The highest BCUT2D eigenvalue weighted by atomic mass is 35.5. The quantitative estimate of drug-likeness (QED) is 0.198. The summed E-state index contributed by atoms with van der Waals surface area (Å²) < 4.78 is 4.07. The van der Waals surface area contributed by atoms with Crippen molar-refractivity contribution in [2.45, 2.75) is 26.7 Å². The van der Waals surface area contributed by atoms with E-state index in [1.54, 1.807) is 0 Å². The van der Waals surface area contributed by atoms with Crippen LogP contribution < -0.4 is 0 Å². The molecule has 4 heterocycles. The molecule has 8 aromatic rings. The van der Waals surface area contributed by atoms with Gasteiger partial charge in [0, 0.05) is 31.9 Å². The van der Waals surface area contributed by atoms with Crippen molar-refractivity contribution in [1.82, 2.24) is 19.2 Å². The molecule has 44 heavy (non-hydrogen) atoms. The molecule has 0 bridgehead atoms. The molecule has 0 saturated heterocycles. The number of halogens is 2. The monoisotopic (exact) mass is 612 g/mol. The fourth-order valence-corrected chi connectivity index (χ4v) is 6.33. The molecule has 4 nitrogen and oxygen atoms in total. The summed E-state index contributed by atoms with van der Waals surface area (Å²) in [6.07, 6.45) is 5.82. The van der Waals surface area contributed by atoms with Gasteiger partial charge in [-0.15, -0.1) is 0 Å². The van der Waals surface area contributed by atoms with Crippen LogP contribution in [0, 0.1) is 0 Å². The summed E-state index contributed by atoms with van der Waals surface area (Å²) in [5, 5.41) is 15.4. The molecule has 0 aliphatic carbocycles. The van der Waals surface area contributed by atoms with Crippen LogP contribution in [0.15, 0.2) is 122 Å². The minimum Gasteiger partial charge on any atom is -0.232 e. The molecule has 0 radical (unpaired) electrons. The molecule has 0 amide bonds. The van der Waals surface area contributed by atoms with Crippen molar-refractivity contribution in [3.05, 3.63) is 143 Å². The van der Waals surface area contributed by atoms with E-state index in [0.29, 0.717) is 0 Å². The minimum atomic E-state index is 0.755. The average Bonchev–Trinajstić information content (AvgIpc) is 3.71. The van der Waals surface area contributed by atoms with Crippen LogP contribution in [-0.4, -0.2) is 19.2 Å². The van der Waals surface area contributed by atoms with Gasteiger partial charge in [0.25, 0.3) is 0 Å². The van der Waals surface area contributed by atoms with Gasteiger partial charge >= 0.3 is 0 Å². The highest BCUT2D eigenvalue weighted by Gasteiger charge is 2.14. The molecule has 216 valence electrons.